The number of sulfone groups is 1. The van der Waals surface area contributed by atoms with Crippen molar-refractivity contribution in [3.05, 3.63) is 48.4 Å². The Morgan fingerprint density at radius 3 is 2.33 bits per heavy atom. The summed E-state index contributed by atoms with van der Waals surface area (Å²) in [5.41, 5.74) is 1.02. The van der Waals surface area contributed by atoms with Crippen molar-refractivity contribution in [1.82, 2.24) is 9.88 Å². The van der Waals surface area contributed by atoms with Crippen LogP contribution >= 0.6 is 0 Å². The predicted molar refractivity (Wildman–Crippen MR) is 115 cm³/mol. The quantitative estimate of drug-likeness (QED) is 0.779. The molecular formula is C21H27FN4O3S. The van der Waals surface area contributed by atoms with Gasteiger partial charge in [-0.3, -0.25) is 9.69 Å². The molecule has 0 aliphatic carbocycles. The van der Waals surface area contributed by atoms with Crippen molar-refractivity contribution in [3.8, 4) is 0 Å². The molecule has 1 aliphatic heterocycles. The zero-order chi connectivity index (χ0) is 21.9. The molecule has 0 unspecified atom stereocenters. The van der Waals surface area contributed by atoms with Gasteiger partial charge in [0.15, 0.2) is 14.9 Å². The minimum atomic E-state index is -3.48. The normalized spacial score (nSPS) is 15.8. The van der Waals surface area contributed by atoms with Gasteiger partial charge < -0.3 is 10.2 Å². The van der Waals surface area contributed by atoms with Crippen molar-refractivity contribution in [2.45, 2.75) is 30.5 Å². The fourth-order valence-corrected chi connectivity index (χ4v) is 4.22. The molecule has 1 aromatic carbocycles. The molecule has 7 nitrogen and oxygen atoms in total. The van der Waals surface area contributed by atoms with E-state index in [2.05, 4.69) is 15.2 Å². The van der Waals surface area contributed by atoms with Crippen molar-refractivity contribution in [2.75, 3.05) is 42.9 Å². The third kappa shape index (κ3) is 4.96. The number of hydrogen-bond acceptors (Lipinski definition) is 6. The Balaban J connectivity index is 1.54. The second kappa shape index (κ2) is 8.69. The number of rotatable bonds is 5. The third-order valence-electron chi connectivity index (χ3n) is 5.05. The maximum absolute atomic E-state index is 13.7. The van der Waals surface area contributed by atoms with Gasteiger partial charge in [-0.05, 0) is 45.0 Å². The molecule has 0 atom stereocenters. The molecule has 30 heavy (non-hydrogen) atoms. The van der Waals surface area contributed by atoms with E-state index in [0.29, 0.717) is 26.2 Å². The van der Waals surface area contributed by atoms with Crippen LogP contribution in [0.2, 0.25) is 0 Å². The number of para-hydroxylation sites is 1. The van der Waals surface area contributed by atoms with Gasteiger partial charge in [0.05, 0.1) is 28.9 Å². The number of aromatic nitrogens is 1. The van der Waals surface area contributed by atoms with Gasteiger partial charge in [-0.1, -0.05) is 12.1 Å². The van der Waals surface area contributed by atoms with E-state index in [4.69, 9.17) is 0 Å². The first-order valence-electron chi connectivity index (χ1n) is 9.80. The molecule has 1 aliphatic rings. The average molecular weight is 435 g/mol. The molecular weight excluding hydrogens is 407 g/mol. The van der Waals surface area contributed by atoms with Gasteiger partial charge in [-0.15, -0.1) is 0 Å². The Morgan fingerprint density at radius 1 is 1.10 bits per heavy atom. The number of hydrogen-bond donors (Lipinski definition) is 1. The molecule has 0 spiro atoms. The molecule has 0 bridgehead atoms. The summed E-state index contributed by atoms with van der Waals surface area (Å²) in [6, 6.07) is 9.39. The van der Waals surface area contributed by atoms with Crippen LogP contribution in [0.25, 0.3) is 0 Å². The first kappa shape index (κ1) is 22.2. The first-order chi connectivity index (χ1) is 14.1. The molecule has 2 aromatic rings. The van der Waals surface area contributed by atoms with Gasteiger partial charge in [-0.2, -0.15) is 0 Å². The zero-order valence-electron chi connectivity index (χ0n) is 17.4. The van der Waals surface area contributed by atoms with Crippen molar-refractivity contribution >= 4 is 27.1 Å². The van der Waals surface area contributed by atoms with Crippen LogP contribution < -0.4 is 10.2 Å². The molecule has 3 rings (SSSR count). The molecule has 1 fully saturated rings. The Hall–Kier alpha value is -2.52. The van der Waals surface area contributed by atoms with Crippen molar-refractivity contribution in [2.24, 2.45) is 0 Å². The van der Waals surface area contributed by atoms with Crippen LogP contribution in [0.1, 0.15) is 20.8 Å². The number of carbonyl (C=O) groups excluding carboxylic acids is 1. The maximum atomic E-state index is 13.7. The molecule has 1 aromatic heterocycles. The van der Waals surface area contributed by atoms with Gasteiger partial charge in [0, 0.05) is 26.2 Å². The molecule has 0 saturated carbocycles. The summed E-state index contributed by atoms with van der Waals surface area (Å²) in [6.45, 7) is 7.82. The number of nitrogens with one attached hydrogen (secondary N) is 1. The topological polar surface area (TPSA) is 82.6 Å². The standard InChI is InChI=1S/C21H27FN4O3S/c1-21(2,3)30(28,29)20-9-8-16(14-23-20)26-12-10-25(11-13-26)15-19(27)24-18-7-5-4-6-17(18)22/h4-9,14H,10-13,15H2,1-3H3,(H,24,27). The van der Waals surface area contributed by atoms with Crippen LogP contribution in [-0.2, 0) is 14.6 Å². The van der Waals surface area contributed by atoms with E-state index in [1.54, 1.807) is 51.2 Å². The second-order valence-electron chi connectivity index (χ2n) is 8.26. The van der Waals surface area contributed by atoms with Crippen molar-refractivity contribution in [1.29, 1.82) is 0 Å². The number of halogens is 1. The summed E-state index contributed by atoms with van der Waals surface area (Å²) in [7, 11) is -3.48. The summed E-state index contributed by atoms with van der Waals surface area (Å²) in [5, 5.41) is 2.67. The summed E-state index contributed by atoms with van der Waals surface area (Å²) >= 11 is 0. The van der Waals surface area contributed by atoms with E-state index in [1.807, 2.05) is 4.90 Å². The van der Waals surface area contributed by atoms with E-state index in [1.165, 1.54) is 12.1 Å². The van der Waals surface area contributed by atoms with Gasteiger partial charge in [0.25, 0.3) is 0 Å². The number of pyridine rings is 1. The van der Waals surface area contributed by atoms with E-state index in [0.717, 1.165) is 5.69 Å². The van der Waals surface area contributed by atoms with E-state index in [-0.39, 0.29) is 23.2 Å². The lowest BCUT2D eigenvalue weighted by Gasteiger charge is -2.35. The summed E-state index contributed by atoms with van der Waals surface area (Å²) in [6.07, 6.45) is 1.58. The molecule has 0 radical (unpaired) electrons. The Morgan fingerprint density at radius 2 is 1.77 bits per heavy atom. The molecule has 162 valence electrons. The molecule has 9 heteroatoms. The van der Waals surface area contributed by atoms with Gasteiger partial charge in [0.1, 0.15) is 5.82 Å². The predicted octanol–water partition coefficient (Wildman–Crippen LogP) is 2.55. The molecule has 2 heterocycles. The lowest BCUT2D eigenvalue weighted by molar-refractivity contribution is -0.117. The van der Waals surface area contributed by atoms with E-state index >= 15 is 0 Å². The molecule has 1 amide bonds. The average Bonchev–Trinajstić information content (AvgIpc) is 2.69. The highest BCUT2D eigenvalue weighted by Crippen LogP contribution is 2.25. The van der Waals surface area contributed by atoms with Crippen LogP contribution in [0.4, 0.5) is 15.8 Å². The Bertz CT molecular complexity index is 996. The smallest absolute Gasteiger partial charge is 0.238 e. The Labute approximate surface area is 176 Å². The van der Waals surface area contributed by atoms with Crippen molar-refractivity contribution in [3.63, 3.8) is 0 Å². The summed E-state index contributed by atoms with van der Waals surface area (Å²) < 4.78 is 37.7. The van der Waals surface area contributed by atoms with Crippen LogP contribution in [0.15, 0.2) is 47.6 Å². The Kier molecular flexibility index (Phi) is 6.42. The van der Waals surface area contributed by atoms with Crippen molar-refractivity contribution < 1.29 is 17.6 Å². The number of nitrogens with zero attached hydrogens (tertiary/aromatic N) is 3. The van der Waals surface area contributed by atoms with Crippen LogP contribution in [-0.4, -0.2) is 61.7 Å². The summed E-state index contributed by atoms with van der Waals surface area (Å²) in [5.74, 6) is -0.716. The van der Waals surface area contributed by atoms with Crippen LogP contribution in [0.3, 0.4) is 0 Å². The number of anilines is 2. The maximum Gasteiger partial charge on any atom is 0.238 e. The molecule has 1 saturated heterocycles. The number of benzene rings is 1. The third-order valence-corrected chi connectivity index (χ3v) is 7.46. The van der Waals surface area contributed by atoms with Gasteiger partial charge >= 0.3 is 0 Å². The van der Waals surface area contributed by atoms with E-state index < -0.39 is 20.4 Å². The lowest BCUT2D eigenvalue weighted by atomic mass is 10.2. The largest absolute Gasteiger partial charge is 0.368 e. The molecule has 1 N–H and O–H groups in total. The van der Waals surface area contributed by atoms with Gasteiger partial charge in [-0.25, -0.2) is 17.8 Å². The second-order valence-corrected chi connectivity index (χ2v) is 10.9. The number of piperazine rings is 1. The number of carbonyl (C=O) groups is 1. The minimum absolute atomic E-state index is 0.0715. The monoisotopic (exact) mass is 434 g/mol. The fourth-order valence-electron chi connectivity index (χ4n) is 3.15. The number of amides is 1. The highest BCUT2D eigenvalue weighted by atomic mass is 32.2. The highest BCUT2D eigenvalue weighted by Gasteiger charge is 2.32. The highest BCUT2D eigenvalue weighted by molar-refractivity contribution is 7.92. The zero-order valence-corrected chi connectivity index (χ0v) is 18.2. The SMILES string of the molecule is CC(C)(C)S(=O)(=O)c1ccc(N2CCN(CC(=O)Nc3ccccc3F)CC2)cn1. The summed E-state index contributed by atoms with van der Waals surface area (Å²) in [4.78, 5) is 20.5. The van der Waals surface area contributed by atoms with E-state index in [9.17, 15) is 17.6 Å². The van der Waals surface area contributed by atoms with Crippen LogP contribution in [0.5, 0.6) is 0 Å². The first-order valence-corrected chi connectivity index (χ1v) is 11.3. The minimum Gasteiger partial charge on any atom is -0.368 e. The fraction of sp³-hybridized carbons (Fsp3) is 0.429. The van der Waals surface area contributed by atoms with Gasteiger partial charge in [0.2, 0.25) is 5.91 Å². The lowest BCUT2D eigenvalue weighted by Crippen LogP contribution is -2.48. The van der Waals surface area contributed by atoms with Crippen LogP contribution in [0, 0.1) is 5.82 Å².